The van der Waals surface area contributed by atoms with Crippen LogP contribution in [-0.4, -0.2) is 22.1 Å². The first-order valence-corrected chi connectivity index (χ1v) is 5.74. The summed E-state index contributed by atoms with van der Waals surface area (Å²) in [6.07, 6.45) is 5.15. The predicted molar refractivity (Wildman–Crippen MR) is 65.5 cm³/mol. The van der Waals surface area contributed by atoms with Crippen LogP contribution in [0.5, 0.6) is 0 Å². The fourth-order valence-corrected chi connectivity index (χ4v) is 1.48. The molecule has 5 heteroatoms. The Morgan fingerprint density at radius 3 is 2.88 bits per heavy atom. The molecule has 0 spiro atoms. The zero-order valence-corrected chi connectivity index (χ0v) is 9.94. The first-order chi connectivity index (χ1) is 7.72. The van der Waals surface area contributed by atoms with Crippen molar-refractivity contribution in [3.8, 4) is 0 Å². The van der Waals surface area contributed by atoms with Gasteiger partial charge in [0.2, 0.25) is 0 Å². The molecule has 0 aliphatic carbocycles. The summed E-state index contributed by atoms with van der Waals surface area (Å²) in [5.41, 5.74) is 5.51. The summed E-state index contributed by atoms with van der Waals surface area (Å²) >= 11 is 0. The van der Waals surface area contributed by atoms with E-state index >= 15 is 0 Å². The van der Waals surface area contributed by atoms with E-state index in [1.807, 2.05) is 13.8 Å². The normalized spacial score (nSPS) is 12.4. The van der Waals surface area contributed by atoms with Gasteiger partial charge in [-0.3, -0.25) is 4.79 Å². The van der Waals surface area contributed by atoms with E-state index in [9.17, 15) is 4.79 Å². The molecule has 1 unspecified atom stereocenters. The van der Waals surface area contributed by atoms with E-state index in [0.717, 1.165) is 19.4 Å². The van der Waals surface area contributed by atoms with Crippen LogP contribution >= 0.6 is 0 Å². The third-order valence-electron chi connectivity index (χ3n) is 2.50. The monoisotopic (exact) mass is 224 g/mol. The Morgan fingerprint density at radius 2 is 2.31 bits per heavy atom. The molecule has 0 bridgehead atoms. The Kier molecular flexibility index (Phi) is 4.98. The number of nitrogens with one attached hydrogen (secondary N) is 1. The average molecular weight is 224 g/mol. The van der Waals surface area contributed by atoms with Gasteiger partial charge in [-0.05, 0) is 12.8 Å². The van der Waals surface area contributed by atoms with Gasteiger partial charge in [-0.1, -0.05) is 13.8 Å². The van der Waals surface area contributed by atoms with Crippen molar-refractivity contribution in [2.75, 3.05) is 11.9 Å². The Bertz CT molecular complexity index is 370. The third kappa shape index (κ3) is 3.06. The Hall–Kier alpha value is -1.36. The lowest BCUT2D eigenvalue weighted by Crippen LogP contribution is -2.33. The molecule has 5 nitrogen and oxygen atoms in total. The summed E-state index contributed by atoms with van der Waals surface area (Å²) in [6, 6.07) is 0.109. The van der Waals surface area contributed by atoms with Crippen molar-refractivity contribution in [2.45, 2.75) is 39.3 Å². The van der Waals surface area contributed by atoms with Crippen LogP contribution in [-0.2, 0) is 6.54 Å². The zero-order valence-electron chi connectivity index (χ0n) is 9.94. The lowest BCUT2D eigenvalue weighted by molar-refractivity contribution is 0.642. The van der Waals surface area contributed by atoms with E-state index in [1.54, 1.807) is 17.0 Å². The maximum Gasteiger partial charge on any atom is 0.293 e. The standard InChI is InChI=1S/C11H20N4O/c1-3-6-15-7-5-13-10(11(15)16)14-9(4-2)8-12/h5,7,9H,3-4,6,8,12H2,1-2H3,(H,13,14). The van der Waals surface area contributed by atoms with E-state index in [4.69, 9.17) is 5.73 Å². The van der Waals surface area contributed by atoms with Gasteiger partial charge in [-0.2, -0.15) is 0 Å². The predicted octanol–water partition coefficient (Wildman–Crippen LogP) is 0.802. The molecule has 0 aromatic carbocycles. The van der Waals surface area contributed by atoms with Crippen LogP contribution in [0.25, 0.3) is 0 Å². The smallest absolute Gasteiger partial charge is 0.293 e. The molecule has 3 N–H and O–H groups in total. The maximum atomic E-state index is 11.9. The van der Waals surface area contributed by atoms with E-state index in [-0.39, 0.29) is 11.6 Å². The van der Waals surface area contributed by atoms with Crippen molar-refractivity contribution >= 4 is 5.82 Å². The highest BCUT2D eigenvalue weighted by Crippen LogP contribution is 1.99. The molecule has 1 heterocycles. The first kappa shape index (κ1) is 12.7. The highest BCUT2D eigenvalue weighted by molar-refractivity contribution is 5.32. The molecule has 1 rings (SSSR count). The summed E-state index contributed by atoms with van der Waals surface area (Å²) in [5, 5.41) is 3.08. The Morgan fingerprint density at radius 1 is 1.56 bits per heavy atom. The Balaban J connectivity index is 2.88. The lowest BCUT2D eigenvalue weighted by atomic mass is 10.2. The van der Waals surface area contributed by atoms with Crippen LogP contribution in [0.3, 0.4) is 0 Å². The van der Waals surface area contributed by atoms with Crippen molar-refractivity contribution in [3.05, 3.63) is 22.7 Å². The Labute approximate surface area is 95.7 Å². The molecular weight excluding hydrogens is 204 g/mol. The minimum Gasteiger partial charge on any atom is -0.361 e. The number of aromatic nitrogens is 2. The molecule has 1 aromatic heterocycles. The SMILES string of the molecule is CCCn1ccnc(NC(CC)CN)c1=O. The van der Waals surface area contributed by atoms with Gasteiger partial charge in [0.05, 0.1) is 0 Å². The molecule has 1 atom stereocenters. The number of hydrogen-bond donors (Lipinski definition) is 2. The van der Waals surface area contributed by atoms with Crippen molar-refractivity contribution in [2.24, 2.45) is 5.73 Å². The van der Waals surface area contributed by atoms with Gasteiger partial charge in [0.25, 0.3) is 5.56 Å². The fraction of sp³-hybridized carbons (Fsp3) is 0.636. The van der Waals surface area contributed by atoms with Gasteiger partial charge in [0, 0.05) is 31.5 Å². The van der Waals surface area contributed by atoms with Crippen molar-refractivity contribution < 1.29 is 0 Å². The quantitative estimate of drug-likeness (QED) is 0.749. The van der Waals surface area contributed by atoms with E-state index < -0.39 is 0 Å². The first-order valence-electron chi connectivity index (χ1n) is 5.74. The second kappa shape index (κ2) is 6.27. The number of rotatable bonds is 6. The van der Waals surface area contributed by atoms with Crippen LogP contribution in [0, 0.1) is 0 Å². The fourth-order valence-electron chi connectivity index (χ4n) is 1.48. The van der Waals surface area contributed by atoms with Crippen LogP contribution in [0.15, 0.2) is 17.2 Å². The van der Waals surface area contributed by atoms with Gasteiger partial charge in [0.15, 0.2) is 5.82 Å². The molecule has 0 saturated carbocycles. The molecule has 0 aliphatic rings. The largest absolute Gasteiger partial charge is 0.361 e. The summed E-state index contributed by atoms with van der Waals surface area (Å²) in [6.45, 7) is 5.28. The average Bonchev–Trinajstić information content (AvgIpc) is 2.30. The molecule has 0 aliphatic heterocycles. The number of nitrogens with zero attached hydrogens (tertiary/aromatic N) is 2. The summed E-state index contributed by atoms with van der Waals surface area (Å²) in [7, 11) is 0. The molecule has 90 valence electrons. The molecule has 0 fully saturated rings. The van der Waals surface area contributed by atoms with Crippen molar-refractivity contribution in [3.63, 3.8) is 0 Å². The zero-order chi connectivity index (χ0) is 12.0. The molecular formula is C11H20N4O. The summed E-state index contributed by atoms with van der Waals surface area (Å²) in [4.78, 5) is 16.0. The topological polar surface area (TPSA) is 72.9 Å². The molecule has 16 heavy (non-hydrogen) atoms. The molecule has 0 amide bonds. The van der Waals surface area contributed by atoms with Gasteiger partial charge in [-0.15, -0.1) is 0 Å². The van der Waals surface area contributed by atoms with Crippen LogP contribution in [0.4, 0.5) is 5.82 Å². The van der Waals surface area contributed by atoms with Crippen molar-refractivity contribution in [1.82, 2.24) is 9.55 Å². The van der Waals surface area contributed by atoms with Gasteiger partial charge >= 0.3 is 0 Å². The van der Waals surface area contributed by atoms with Crippen molar-refractivity contribution in [1.29, 1.82) is 0 Å². The highest BCUT2D eigenvalue weighted by atomic mass is 16.1. The maximum absolute atomic E-state index is 11.9. The van der Waals surface area contributed by atoms with E-state index in [1.165, 1.54) is 0 Å². The number of aryl methyl sites for hydroxylation is 1. The number of nitrogens with two attached hydrogens (primary N) is 1. The van der Waals surface area contributed by atoms with Gasteiger partial charge < -0.3 is 15.6 Å². The highest BCUT2D eigenvalue weighted by Gasteiger charge is 2.08. The molecule has 0 saturated heterocycles. The van der Waals surface area contributed by atoms with Gasteiger partial charge in [-0.25, -0.2) is 4.98 Å². The molecule has 0 radical (unpaired) electrons. The minimum absolute atomic E-state index is 0.0729. The number of anilines is 1. The summed E-state index contributed by atoms with van der Waals surface area (Å²) < 4.78 is 1.67. The second-order valence-electron chi connectivity index (χ2n) is 3.76. The van der Waals surface area contributed by atoms with E-state index in [0.29, 0.717) is 12.4 Å². The summed E-state index contributed by atoms with van der Waals surface area (Å²) in [5.74, 6) is 0.397. The molecule has 1 aromatic rings. The van der Waals surface area contributed by atoms with Crippen LogP contribution < -0.4 is 16.6 Å². The van der Waals surface area contributed by atoms with Crippen LogP contribution in [0.1, 0.15) is 26.7 Å². The van der Waals surface area contributed by atoms with Crippen LogP contribution in [0.2, 0.25) is 0 Å². The minimum atomic E-state index is -0.0729. The van der Waals surface area contributed by atoms with Gasteiger partial charge in [0.1, 0.15) is 0 Å². The lowest BCUT2D eigenvalue weighted by Gasteiger charge is -2.15. The third-order valence-corrected chi connectivity index (χ3v) is 2.50. The second-order valence-corrected chi connectivity index (χ2v) is 3.76. The van der Waals surface area contributed by atoms with E-state index in [2.05, 4.69) is 10.3 Å². The number of hydrogen-bond acceptors (Lipinski definition) is 4.